The number of nitro groups is 1. The van der Waals surface area contributed by atoms with Crippen LogP contribution in [-0.2, 0) is 4.79 Å². The van der Waals surface area contributed by atoms with Crippen LogP contribution in [0.4, 0.5) is 11.4 Å². The monoisotopic (exact) mass is 302 g/mol. The molecule has 0 spiro atoms. The van der Waals surface area contributed by atoms with Gasteiger partial charge in [-0.1, -0.05) is 0 Å². The molecule has 1 aromatic carbocycles. The molecule has 0 atom stereocenters. The van der Waals surface area contributed by atoms with Gasteiger partial charge in [0.1, 0.15) is 5.69 Å². The van der Waals surface area contributed by atoms with E-state index in [9.17, 15) is 19.7 Å². The van der Waals surface area contributed by atoms with Gasteiger partial charge in [0.25, 0.3) is 0 Å². The van der Waals surface area contributed by atoms with Crippen molar-refractivity contribution in [3.8, 4) is 0 Å². The number of hydrogen-bond donors (Lipinski definition) is 2. The number of aryl methyl sites for hydroxylation is 1. The zero-order chi connectivity index (χ0) is 13.2. The van der Waals surface area contributed by atoms with Gasteiger partial charge in [-0.2, -0.15) is 0 Å². The maximum Gasteiger partial charge on any atom is 0.343 e. The second kappa shape index (κ2) is 4.91. The minimum atomic E-state index is -1.45. The van der Waals surface area contributed by atoms with Gasteiger partial charge in [0, 0.05) is 4.47 Å². The first-order chi connectivity index (χ1) is 7.90. The van der Waals surface area contributed by atoms with Crippen molar-refractivity contribution in [2.75, 3.05) is 5.32 Å². The maximum absolute atomic E-state index is 11.0. The molecule has 1 rings (SSSR count). The lowest BCUT2D eigenvalue weighted by molar-refractivity contribution is -0.384. The third-order valence-corrected chi connectivity index (χ3v) is 2.68. The molecule has 0 bridgehead atoms. The number of hydrogen-bond acceptors (Lipinski definition) is 4. The van der Waals surface area contributed by atoms with E-state index in [2.05, 4.69) is 21.2 Å². The summed E-state index contributed by atoms with van der Waals surface area (Å²) < 4.78 is 0.0886. The Bertz CT molecular complexity index is 515. The van der Waals surface area contributed by atoms with Crippen molar-refractivity contribution in [1.82, 2.24) is 0 Å². The molecule has 0 unspecified atom stereocenters. The number of anilines is 1. The van der Waals surface area contributed by atoms with Crippen LogP contribution in [-0.4, -0.2) is 22.4 Å². The number of amides is 1. The van der Waals surface area contributed by atoms with Crippen LogP contribution in [0.1, 0.15) is 15.9 Å². The molecule has 0 heterocycles. The van der Waals surface area contributed by atoms with Crippen molar-refractivity contribution in [3.05, 3.63) is 31.8 Å². The van der Waals surface area contributed by atoms with Crippen LogP contribution in [0.5, 0.6) is 0 Å². The lowest BCUT2D eigenvalue weighted by atomic mass is 10.1. The zero-order valence-corrected chi connectivity index (χ0v) is 10.1. The molecule has 0 aliphatic rings. The number of benzene rings is 1. The number of carbonyl (C=O) groups is 2. The third-order valence-electron chi connectivity index (χ3n) is 2.05. The quantitative estimate of drug-likeness (QED) is 0.502. The van der Waals surface area contributed by atoms with Crippen LogP contribution in [0, 0.1) is 17.0 Å². The molecule has 0 aliphatic heterocycles. The minimum Gasteiger partial charge on any atom is -0.477 e. The van der Waals surface area contributed by atoms with E-state index < -0.39 is 22.1 Å². The number of carboxylic acid groups (broad SMARTS) is 1. The van der Waals surface area contributed by atoms with Crippen molar-refractivity contribution >= 4 is 39.7 Å². The molecule has 0 aromatic heterocycles. The Morgan fingerprint density at radius 3 is 2.65 bits per heavy atom. The highest BCUT2D eigenvalue weighted by Gasteiger charge is 2.29. The number of nitrogens with zero attached hydrogens (tertiary/aromatic N) is 1. The summed E-state index contributed by atoms with van der Waals surface area (Å²) in [5.41, 5.74) is -0.868. The first-order valence-electron chi connectivity index (χ1n) is 4.31. The first-order valence-corrected chi connectivity index (χ1v) is 5.10. The lowest BCUT2D eigenvalue weighted by Gasteiger charge is -2.09. The number of halogens is 1. The van der Waals surface area contributed by atoms with Crippen LogP contribution in [0.2, 0.25) is 0 Å². The molecule has 0 saturated heterocycles. The number of carbonyl (C=O) groups excluding carboxylic acids is 1. The molecule has 8 heteroatoms. The van der Waals surface area contributed by atoms with Crippen molar-refractivity contribution in [1.29, 1.82) is 0 Å². The van der Waals surface area contributed by atoms with Gasteiger partial charge in [-0.3, -0.25) is 14.9 Å². The fourth-order valence-corrected chi connectivity index (χ4v) is 2.09. The van der Waals surface area contributed by atoms with Crippen molar-refractivity contribution in [3.63, 3.8) is 0 Å². The summed E-state index contributed by atoms with van der Waals surface area (Å²) in [6.45, 7) is 1.52. The topological polar surface area (TPSA) is 110 Å². The summed E-state index contributed by atoms with van der Waals surface area (Å²) in [7, 11) is 0. The average Bonchev–Trinajstić information content (AvgIpc) is 2.20. The second-order valence-corrected chi connectivity index (χ2v) is 3.95. The van der Waals surface area contributed by atoms with Crippen LogP contribution in [0.15, 0.2) is 10.5 Å². The summed E-state index contributed by atoms with van der Waals surface area (Å²) >= 11 is 2.95. The maximum atomic E-state index is 11.0. The molecule has 0 aliphatic carbocycles. The molecule has 1 aromatic rings. The Morgan fingerprint density at radius 1 is 1.65 bits per heavy atom. The summed E-state index contributed by atoms with van der Waals surface area (Å²) in [5.74, 6) is -1.45. The molecule has 90 valence electrons. The summed E-state index contributed by atoms with van der Waals surface area (Å²) in [5, 5.41) is 22.0. The van der Waals surface area contributed by atoms with Crippen LogP contribution < -0.4 is 5.32 Å². The van der Waals surface area contributed by atoms with Crippen molar-refractivity contribution in [2.24, 2.45) is 0 Å². The van der Waals surface area contributed by atoms with Crippen molar-refractivity contribution < 1.29 is 19.6 Å². The molecule has 2 N–H and O–H groups in total. The van der Waals surface area contributed by atoms with Gasteiger partial charge < -0.3 is 10.4 Å². The molecular formula is C9H7BrN2O5. The highest BCUT2D eigenvalue weighted by Crippen LogP contribution is 2.36. The van der Waals surface area contributed by atoms with Crippen LogP contribution in [0.25, 0.3) is 0 Å². The van der Waals surface area contributed by atoms with Gasteiger partial charge in [0.05, 0.1) is 4.92 Å². The summed E-state index contributed by atoms with van der Waals surface area (Å²) in [4.78, 5) is 31.4. The van der Waals surface area contributed by atoms with Crippen molar-refractivity contribution in [2.45, 2.75) is 6.92 Å². The smallest absolute Gasteiger partial charge is 0.343 e. The first kappa shape index (κ1) is 13.1. The summed E-state index contributed by atoms with van der Waals surface area (Å²) in [6.07, 6.45) is 0.259. The number of nitrogens with one attached hydrogen (secondary N) is 1. The average molecular weight is 303 g/mol. The SMILES string of the molecule is Cc1cc(Br)c(C(=O)O)c([N+](=O)[O-])c1NC=O. The highest BCUT2D eigenvalue weighted by atomic mass is 79.9. The van der Waals surface area contributed by atoms with E-state index in [0.29, 0.717) is 5.56 Å². The number of nitro benzene ring substituents is 1. The third kappa shape index (κ3) is 2.41. The lowest BCUT2D eigenvalue weighted by Crippen LogP contribution is -2.09. The molecule has 1 amide bonds. The van der Waals surface area contributed by atoms with E-state index in [1.165, 1.54) is 13.0 Å². The Balaban J connectivity index is 3.70. The number of aromatic carboxylic acids is 1. The molecule has 7 nitrogen and oxygen atoms in total. The molecule has 17 heavy (non-hydrogen) atoms. The Labute approximate surface area is 104 Å². The van der Waals surface area contributed by atoms with Gasteiger partial charge in [-0.25, -0.2) is 4.79 Å². The minimum absolute atomic E-state index is 0.0886. The van der Waals surface area contributed by atoms with Gasteiger partial charge >= 0.3 is 11.7 Å². The van der Waals surface area contributed by atoms with Gasteiger partial charge in [-0.15, -0.1) is 0 Å². The van der Waals surface area contributed by atoms with E-state index in [1.807, 2.05) is 0 Å². The van der Waals surface area contributed by atoms with E-state index in [1.54, 1.807) is 0 Å². The normalized spacial score (nSPS) is 9.76. The van der Waals surface area contributed by atoms with Gasteiger partial charge in [0.2, 0.25) is 6.41 Å². The van der Waals surface area contributed by atoms with Gasteiger partial charge in [0.15, 0.2) is 5.56 Å². The Hall–Kier alpha value is -1.96. The standard InChI is InChI=1S/C9H7BrN2O5/c1-4-2-5(10)6(9(14)15)8(12(16)17)7(4)11-3-13/h2-3H,1H3,(H,11,13)(H,14,15). The fraction of sp³-hybridized carbons (Fsp3) is 0.111. The zero-order valence-electron chi connectivity index (χ0n) is 8.56. The fourth-order valence-electron chi connectivity index (χ4n) is 1.39. The van der Waals surface area contributed by atoms with Crippen LogP contribution in [0.3, 0.4) is 0 Å². The van der Waals surface area contributed by atoms with Crippen LogP contribution >= 0.6 is 15.9 Å². The molecule has 0 fully saturated rings. The predicted octanol–water partition coefficient (Wildman–Crippen LogP) is 1.93. The van der Waals surface area contributed by atoms with E-state index >= 15 is 0 Å². The van der Waals surface area contributed by atoms with E-state index in [-0.39, 0.29) is 16.6 Å². The Morgan fingerprint density at radius 2 is 2.24 bits per heavy atom. The predicted molar refractivity (Wildman–Crippen MR) is 62.2 cm³/mol. The Kier molecular flexibility index (Phi) is 3.79. The highest BCUT2D eigenvalue weighted by molar-refractivity contribution is 9.10. The van der Waals surface area contributed by atoms with E-state index in [0.717, 1.165) is 0 Å². The summed E-state index contributed by atoms with van der Waals surface area (Å²) in [6, 6.07) is 1.39. The molecule has 0 radical (unpaired) electrons. The van der Waals surface area contributed by atoms with Gasteiger partial charge in [-0.05, 0) is 34.5 Å². The number of carboxylic acids is 1. The molecule has 0 saturated carbocycles. The largest absolute Gasteiger partial charge is 0.477 e. The molecular weight excluding hydrogens is 296 g/mol. The number of rotatable bonds is 4. The second-order valence-electron chi connectivity index (χ2n) is 3.10. The van der Waals surface area contributed by atoms with E-state index in [4.69, 9.17) is 5.11 Å².